The average molecular weight is 336 g/mol. The smallest absolute Gasteiger partial charge is 0.309 e. The second kappa shape index (κ2) is 5.90. The molecule has 1 N–H and O–H groups in total. The number of hydrogen-bond acceptors (Lipinski definition) is 5. The van der Waals surface area contributed by atoms with Crippen molar-refractivity contribution in [3.05, 3.63) is 58.9 Å². The molecule has 1 aromatic carbocycles. The molecule has 0 bridgehead atoms. The molecule has 0 aliphatic carbocycles. The van der Waals surface area contributed by atoms with Crippen LogP contribution in [-0.4, -0.2) is 21.0 Å². The van der Waals surface area contributed by atoms with Crippen molar-refractivity contribution in [3.63, 3.8) is 0 Å². The zero-order valence-corrected chi connectivity index (χ0v) is 13.3. The molecule has 0 spiro atoms. The Morgan fingerprint density at radius 1 is 1.12 bits per heavy atom. The van der Waals surface area contributed by atoms with Gasteiger partial charge in [-0.1, -0.05) is 24.3 Å². The van der Waals surface area contributed by atoms with E-state index in [0.29, 0.717) is 23.0 Å². The number of aliphatic carboxylic acids is 1. The Labute approximate surface area is 141 Å². The molecule has 0 atom stereocenters. The van der Waals surface area contributed by atoms with Crippen LogP contribution in [0, 0.1) is 0 Å². The van der Waals surface area contributed by atoms with Crippen LogP contribution in [0.4, 0.5) is 0 Å². The molecule has 4 rings (SSSR count). The summed E-state index contributed by atoms with van der Waals surface area (Å²) in [6.45, 7) is 0. The molecule has 0 saturated heterocycles. The number of thiophene rings is 1. The number of pyridine rings is 1. The largest absolute Gasteiger partial charge is 0.481 e. The van der Waals surface area contributed by atoms with Gasteiger partial charge in [-0.2, -0.15) is 11.3 Å². The summed E-state index contributed by atoms with van der Waals surface area (Å²) in [5.41, 5.74) is 2.66. The first-order valence-electron chi connectivity index (χ1n) is 7.31. The van der Waals surface area contributed by atoms with E-state index in [2.05, 4.69) is 9.97 Å². The topological polar surface area (TPSA) is 76.2 Å². The van der Waals surface area contributed by atoms with Crippen molar-refractivity contribution in [2.45, 2.75) is 6.42 Å². The van der Waals surface area contributed by atoms with Gasteiger partial charge < -0.3 is 9.52 Å². The Kier molecular flexibility index (Phi) is 3.59. The van der Waals surface area contributed by atoms with Crippen molar-refractivity contribution in [2.75, 3.05) is 0 Å². The standard InChI is InChI=1S/C18H12N2O3S/c21-16(22)9-15-17(12-7-8-24-10-12)23-18(20-15)14-6-5-11-3-1-2-4-13(11)19-14/h1-8,10H,9H2,(H,21,22). The van der Waals surface area contributed by atoms with Crippen molar-refractivity contribution in [1.82, 2.24) is 9.97 Å². The van der Waals surface area contributed by atoms with E-state index < -0.39 is 5.97 Å². The molecule has 6 heteroatoms. The number of carboxylic acid groups (broad SMARTS) is 1. The third-order valence-electron chi connectivity index (χ3n) is 3.62. The lowest BCUT2D eigenvalue weighted by Crippen LogP contribution is -2.01. The van der Waals surface area contributed by atoms with Crippen LogP contribution in [0.3, 0.4) is 0 Å². The molecular weight excluding hydrogens is 324 g/mol. The fraction of sp³-hybridized carbons (Fsp3) is 0.0556. The SMILES string of the molecule is O=C(O)Cc1nc(-c2ccc3ccccc3n2)oc1-c1ccsc1. The minimum atomic E-state index is -0.946. The number of benzene rings is 1. The summed E-state index contributed by atoms with van der Waals surface area (Å²) in [4.78, 5) is 20.1. The molecule has 0 aliphatic heterocycles. The lowest BCUT2D eigenvalue weighted by molar-refractivity contribution is -0.136. The van der Waals surface area contributed by atoms with E-state index in [9.17, 15) is 4.79 Å². The van der Waals surface area contributed by atoms with Gasteiger partial charge >= 0.3 is 5.97 Å². The summed E-state index contributed by atoms with van der Waals surface area (Å²) in [5.74, 6) is -0.125. The number of carbonyl (C=O) groups is 1. The first-order chi connectivity index (χ1) is 11.7. The van der Waals surface area contributed by atoms with Crippen LogP contribution >= 0.6 is 11.3 Å². The number of carboxylic acids is 1. The summed E-state index contributed by atoms with van der Waals surface area (Å²) in [6, 6.07) is 13.4. The van der Waals surface area contributed by atoms with E-state index >= 15 is 0 Å². The zero-order valence-electron chi connectivity index (χ0n) is 12.5. The highest BCUT2D eigenvalue weighted by Crippen LogP contribution is 2.31. The van der Waals surface area contributed by atoms with E-state index in [1.54, 1.807) is 0 Å². The Hall–Kier alpha value is -2.99. The third-order valence-corrected chi connectivity index (χ3v) is 4.30. The van der Waals surface area contributed by atoms with Gasteiger partial charge in [0.05, 0.1) is 17.6 Å². The number of rotatable bonds is 4. The molecule has 0 fully saturated rings. The summed E-state index contributed by atoms with van der Waals surface area (Å²) in [5, 5.41) is 14.0. The lowest BCUT2D eigenvalue weighted by atomic mass is 10.2. The molecule has 0 unspecified atom stereocenters. The van der Waals surface area contributed by atoms with Gasteiger partial charge in [-0.15, -0.1) is 0 Å². The van der Waals surface area contributed by atoms with E-state index in [0.717, 1.165) is 16.5 Å². The number of aromatic nitrogens is 2. The normalized spacial score (nSPS) is 11.0. The Balaban J connectivity index is 1.83. The lowest BCUT2D eigenvalue weighted by Gasteiger charge is -1.99. The van der Waals surface area contributed by atoms with E-state index in [-0.39, 0.29) is 6.42 Å². The van der Waals surface area contributed by atoms with Crippen LogP contribution in [0.2, 0.25) is 0 Å². The molecule has 0 amide bonds. The van der Waals surface area contributed by atoms with Crippen molar-refractivity contribution in [2.24, 2.45) is 0 Å². The van der Waals surface area contributed by atoms with Crippen LogP contribution in [0.5, 0.6) is 0 Å². The summed E-state index contributed by atoms with van der Waals surface area (Å²) in [7, 11) is 0. The molecule has 0 saturated carbocycles. The van der Waals surface area contributed by atoms with Gasteiger partial charge in [0, 0.05) is 16.3 Å². The Bertz CT molecular complexity index is 1020. The monoisotopic (exact) mass is 336 g/mol. The van der Waals surface area contributed by atoms with Gasteiger partial charge in [0.15, 0.2) is 5.76 Å². The number of para-hydroxylation sites is 1. The highest BCUT2D eigenvalue weighted by molar-refractivity contribution is 7.08. The molecule has 118 valence electrons. The molecule has 24 heavy (non-hydrogen) atoms. The minimum absolute atomic E-state index is 0.192. The van der Waals surface area contributed by atoms with Gasteiger partial charge in [0.25, 0.3) is 0 Å². The van der Waals surface area contributed by atoms with Crippen LogP contribution in [0.25, 0.3) is 33.8 Å². The summed E-state index contributed by atoms with van der Waals surface area (Å²) >= 11 is 1.52. The maximum Gasteiger partial charge on any atom is 0.309 e. The van der Waals surface area contributed by atoms with Gasteiger partial charge in [0.2, 0.25) is 5.89 Å². The maximum absolute atomic E-state index is 11.1. The van der Waals surface area contributed by atoms with Crippen LogP contribution in [-0.2, 0) is 11.2 Å². The van der Waals surface area contributed by atoms with Gasteiger partial charge in [-0.05, 0) is 23.6 Å². The van der Waals surface area contributed by atoms with Gasteiger partial charge in [-0.25, -0.2) is 9.97 Å². The highest BCUT2D eigenvalue weighted by atomic mass is 32.1. The van der Waals surface area contributed by atoms with Crippen molar-refractivity contribution >= 4 is 28.2 Å². The van der Waals surface area contributed by atoms with Crippen LogP contribution in [0.1, 0.15) is 5.69 Å². The van der Waals surface area contributed by atoms with Crippen LogP contribution < -0.4 is 0 Å². The van der Waals surface area contributed by atoms with Gasteiger partial charge in [0.1, 0.15) is 5.69 Å². The van der Waals surface area contributed by atoms with Crippen molar-refractivity contribution < 1.29 is 14.3 Å². The second-order valence-electron chi connectivity index (χ2n) is 5.27. The Morgan fingerprint density at radius 3 is 2.79 bits per heavy atom. The summed E-state index contributed by atoms with van der Waals surface area (Å²) in [6.07, 6.45) is -0.192. The molecule has 3 aromatic heterocycles. The van der Waals surface area contributed by atoms with Crippen molar-refractivity contribution in [3.8, 4) is 22.9 Å². The van der Waals surface area contributed by atoms with Gasteiger partial charge in [-0.3, -0.25) is 4.79 Å². The number of nitrogens with zero attached hydrogens (tertiary/aromatic N) is 2. The van der Waals surface area contributed by atoms with Crippen LogP contribution in [0.15, 0.2) is 57.6 Å². The highest BCUT2D eigenvalue weighted by Gasteiger charge is 2.19. The summed E-state index contributed by atoms with van der Waals surface area (Å²) < 4.78 is 5.86. The number of hydrogen-bond donors (Lipinski definition) is 1. The molecule has 4 aromatic rings. The molecule has 0 aliphatic rings. The molecular formula is C18H12N2O3S. The number of oxazole rings is 1. The number of fused-ring (bicyclic) bond motifs is 1. The second-order valence-corrected chi connectivity index (χ2v) is 6.05. The van der Waals surface area contributed by atoms with E-state index in [1.165, 1.54) is 11.3 Å². The average Bonchev–Trinajstić information content (AvgIpc) is 3.23. The quantitative estimate of drug-likeness (QED) is 0.603. The molecule has 3 heterocycles. The predicted molar refractivity (Wildman–Crippen MR) is 91.9 cm³/mol. The fourth-order valence-corrected chi connectivity index (χ4v) is 3.16. The first-order valence-corrected chi connectivity index (χ1v) is 8.25. The predicted octanol–water partition coefficient (Wildman–Crippen LogP) is 4.25. The Morgan fingerprint density at radius 2 is 2.00 bits per heavy atom. The third kappa shape index (κ3) is 2.68. The fourth-order valence-electron chi connectivity index (χ4n) is 2.53. The minimum Gasteiger partial charge on any atom is -0.481 e. The molecule has 0 radical (unpaired) electrons. The van der Waals surface area contributed by atoms with E-state index in [1.807, 2.05) is 53.2 Å². The zero-order chi connectivity index (χ0) is 16.5. The maximum atomic E-state index is 11.1. The van der Waals surface area contributed by atoms with E-state index in [4.69, 9.17) is 9.52 Å². The van der Waals surface area contributed by atoms with Crippen molar-refractivity contribution in [1.29, 1.82) is 0 Å². The first kappa shape index (κ1) is 14.6. The molecule has 5 nitrogen and oxygen atoms in total.